The minimum Gasteiger partial charge on any atom is -0.324 e. The second kappa shape index (κ2) is 7.20. The van der Waals surface area contributed by atoms with Crippen molar-refractivity contribution in [2.75, 3.05) is 16.9 Å². The summed E-state index contributed by atoms with van der Waals surface area (Å²) in [5, 5.41) is 5.68. The first kappa shape index (κ1) is 19.6. The van der Waals surface area contributed by atoms with Gasteiger partial charge in [0.25, 0.3) is 0 Å². The number of benzene rings is 2. The molecule has 3 aliphatic rings. The lowest BCUT2D eigenvalue weighted by Crippen LogP contribution is -2.52. The van der Waals surface area contributed by atoms with Crippen LogP contribution in [-0.2, 0) is 10.3 Å². The largest absolute Gasteiger partial charge is 0.324 e. The lowest BCUT2D eigenvalue weighted by molar-refractivity contribution is -0.127. The van der Waals surface area contributed by atoms with Crippen LogP contribution in [0.15, 0.2) is 66.0 Å². The molecule has 3 aromatic rings. The van der Waals surface area contributed by atoms with Crippen molar-refractivity contribution < 1.29 is 9.59 Å². The van der Waals surface area contributed by atoms with Crippen LogP contribution >= 0.6 is 34.7 Å². The summed E-state index contributed by atoms with van der Waals surface area (Å²) < 4.78 is 0. The smallest absolute Gasteiger partial charge is 0.250 e. The first-order valence-electron chi connectivity index (χ1n) is 10.2. The molecule has 0 bridgehead atoms. The van der Waals surface area contributed by atoms with Gasteiger partial charge in [-0.25, -0.2) is 0 Å². The van der Waals surface area contributed by atoms with E-state index in [1.807, 2.05) is 77.8 Å². The zero-order valence-corrected chi connectivity index (χ0v) is 18.8. The van der Waals surface area contributed by atoms with Gasteiger partial charge in [-0.1, -0.05) is 48.0 Å². The average molecular weight is 467 g/mol. The Morgan fingerprint density at radius 3 is 2.68 bits per heavy atom. The SMILES string of the molecule is O=C(c1cccs1)[C@H]1[C@H](c2ccc(Cl)cc2)[C@H]2CSCN2[C@@]12C(=O)Nc1ccccc12. The molecule has 3 aliphatic heterocycles. The van der Waals surface area contributed by atoms with Crippen LogP contribution in [0.5, 0.6) is 0 Å². The Morgan fingerprint density at radius 1 is 1.10 bits per heavy atom. The highest BCUT2D eigenvalue weighted by atomic mass is 35.5. The number of carbonyl (C=O) groups excluding carboxylic acids is 2. The van der Waals surface area contributed by atoms with Crippen LogP contribution in [0.25, 0.3) is 0 Å². The molecule has 2 aromatic carbocycles. The van der Waals surface area contributed by atoms with Gasteiger partial charge in [0.05, 0.1) is 10.8 Å². The van der Waals surface area contributed by atoms with Crippen LogP contribution in [0.4, 0.5) is 5.69 Å². The van der Waals surface area contributed by atoms with Crippen molar-refractivity contribution in [1.29, 1.82) is 0 Å². The normalized spacial score (nSPS) is 29.2. The third-order valence-corrected chi connectivity index (χ3v) is 9.00. The summed E-state index contributed by atoms with van der Waals surface area (Å²) >= 11 is 9.45. The van der Waals surface area contributed by atoms with Gasteiger partial charge in [-0.2, -0.15) is 0 Å². The summed E-state index contributed by atoms with van der Waals surface area (Å²) in [6.07, 6.45) is 0. The highest BCUT2D eigenvalue weighted by molar-refractivity contribution is 7.99. The number of fused-ring (bicyclic) bond motifs is 4. The Labute approximate surface area is 193 Å². The quantitative estimate of drug-likeness (QED) is 0.537. The number of hydrogen-bond donors (Lipinski definition) is 1. The van der Waals surface area contributed by atoms with Gasteiger partial charge in [0, 0.05) is 39.9 Å². The molecule has 1 amide bonds. The molecule has 4 heterocycles. The van der Waals surface area contributed by atoms with Crippen LogP contribution in [-0.4, -0.2) is 34.3 Å². The number of rotatable bonds is 3. The van der Waals surface area contributed by atoms with E-state index < -0.39 is 11.5 Å². The van der Waals surface area contributed by atoms with Gasteiger partial charge in [-0.3, -0.25) is 14.5 Å². The number of thioether (sulfide) groups is 1. The Balaban J connectivity index is 1.62. The van der Waals surface area contributed by atoms with Crippen LogP contribution in [0.3, 0.4) is 0 Å². The third kappa shape index (κ3) is 2.65. The fraction of sp³-hybridized carbons (Fsp3) is 0.250. The molecule has 1 N–H and O–H groups in total. The number of carbonyl (C=O) groups is 2. The molecular weight excluding hydrogens is 448 g/mol. The van der Waals surface area contributed by atoms with Gasteiger partial charge in [0.2, 0.25) is 5.91 Å². The van der Waals surface area contributed by atoms with E-state index in [1.54, 1.807) is 0 Å². The van der Waals surface area contributed by atoms with Gasteiger partial charge in [0.1, 0.15) is 5.54 Å². The van der Waals surface area contributed by atoms with E-state index >= 15 is 0 Å². The fourth-order valence-electron chi connectivity index (χ4n) is 5.66. The molecule has 7 heteroatoms. The first-order valence-corrected chi connectivity index (χ1v) is 12.6. The molecule has 4 atom stereocenters. The first-order chi connectivity index (χ1) is 15.1. The van der Waals surface area contributed by atoms with E-state index in [2.05, 4.69) is 10.2 Å². The van der Waals surface area contributed by atoms with Crippen molar-refractivity contribution in [3.8, 4) is 0 Å². The number of para-hydroxylation sites is 1. The van der Waals surface area contributed by atoms with Gasteiger partial charge < -0.3 is 5.32 Å². The number of hydrogen-bond acceptors (Lipinski definition) is 5. The molecule has 0 saturated carbocycles. The average Bonchev–Trinajstić information content (AvgIpc) is 3.54. The Hall–Kier alpha value is -2.12. The molecule has 1 aromatic heterocycles. The number of nitrogens with zero attached hydrogens (tertiary/aromatic N) is 1. The van der Waals surface area contributed by atoms with Crippen molar-refractivity contribution in [3.63, 3.8) is 0 Å². The van der Waals surface area contributed by atoms with Crippen LogP contribution in [0, 0.1) is 5.92 Å². The number of Topliss-reactive ketones (excluding diaryl/α,β-unsaturated/α-hetero) is 1. The van der Waals surface area contributed by atoms with E-state index in [4.69, 9.17) is 11.6 Å². The summed E-state index contributed by atoms with van der Waals surface area (Å²) in [6.45, 7) is 0. The fourth-order valence-corrected chi connectivity index (χ4v) is 7.82. The number of amides is 1. The summed E-state index contributed by atoms with van der Waals surface area (Å²) in [4.78, 5) is 30.8. The summed E-state index contributed by atoms with van der Waals surface area (Å²) in [5.41, 5.74) is 1.78. The third-order valence-electron chi connectivity index (χ3n) is 6.83. The van der Waals surface area contributed by atoms with Gasteiger partial charge in [-0.05, 0) is 35.2 Å². The second-order valence-corrected chi connectivity index (χ2v) is 10.6. The maximum Gasteiger partial charge on any atom is 0.250 e. The van der Waals surface area contributed by atoms with Crippen molar-refractivity contribution in [3.05, 3.63) is 87.1 Å². The van der Waals surface area contributed by atoms with E-state index in [0.29, 0.717) is 9.90 Å². The molecule has 0 aliphatic carbocycles. The van der Waals surface area contributed by atoms with Crippen LogP contribution in [0.1, 0.15) is 26.7 Å². The Bertz CT molecular complexity index is 1180. The number of nitrogens with one attached hydrogen (secondary N) is 1. The highest BCUT2D eigenvalue weighted by Gasteiger charge is 2.69. The topological polar surface area (TPSA) is 49.4 Å². The number of thiophene rings is 1. The number of ketones is 1. The zero-order valence-electron chi connectivity index (χ0n) is 16.5. The summed E-state index contributed by atoms with van der Waals surface area (Å²) in [5.74, 6) is 0.957. The molecular formula is C24H19ClN2O2S2. The van der Waals surface area contributed by atoms with Crippen LogP contribution in [0.2, 0.25) is 5.02 Å². The minimum atomic E-state index is -1.00. The van der Waals surface area contributed by atoms with Gasteiger partial charge >= 0.3 is 0 Å². The number of halogens is 1. The molecule has 2 fully saturated rings. The predicted molar refractivity (Wildman–Crippen MR) is 126 cm³/mol. The molecule has 1 spiro atoms. The van der Waals surface area contributed by atoms with E-state index in [9.17, 15) is 9.59 Å². The predicted octanol–water partition coefficient (Wildman–Crippen LogP) is 5.22. The lowest BCUT2D eigenvalue weighted by atomic mass is 9.70. The highest BCUT2D eigenvalue weighted by Crippen LogP contribution is 2.61. The molecule has 0 radical (unpaired) electrons. The molecule has 2 saturated heterocycles. The standard InChI is InChI=1S/C24H19ClN2O2S2/c25-15-9-7-14(8-10-15)20-18-12-30-13-27(18)24(21(20)22(28)19-6-3-11-31-19)16-4-1-2-5-17(16)26-23(24)29/h1-11,18,20-21H,12-13H2,(H,26,29)/t18-,20-,21-,24-/m1/s1. The summed E-state index contributed by atoms with van der Waals surface area (Å²) in [6, 6.07) is 19.5. The maximum atomic E-state index is 14.1. The molecule has 0 unspecified atom stereocenters. The van der Waals surface area contributed by atoms with Crippen molar-refractivity contribution in [2.45, 2.75) is 17.5 Å². The van der Waals surface area contributed by atoms with E-state index in [0.717, 1.165) is 28.4 Å². The molecule has 6 rings (SSSR count). The maximum absolute atomic E-state index is 14.1. The molecule has 4 nitrogen and oxygen atoms in total. The number of anilines is 1. The zero-order chi connectivity index (χ0) is 21.2. The van der Waals surface area contributed by atoms with Gasteiger partial charge in [0.15, 0.2) is 5.78 Å². The second-order valence-electron chi connectivity index (χ2n) is 8.20. The lowest BCUT2D eigenvalue weighted by Gasteiger charge is -2.36. The van der Waals surface area contributed by atoms with Crippen molar-refractivity contribution in [2.24, 2.45) is 5.92 Å². The molecule has 156 valence electrons. The minimum absolute atomic E-state index is 0.0428. The van der Waals surface area contributed by atoms with Crippen molar-refractivity contribution in [1.82, 2.24) is 4.90 Å². The van der Waals surface area contributed by atoms with E-state index in [1.165, 1.54) is 11.3 Å². The van der Waals surface area contributed by atoms with Crippen LogP contribution < -0.4 is 5.32 Å². The van der Waals surface area contributed by atoms with Crippen molar-refractivity contribution >= 4 is 52.1 Å². The van der Waals surface area contributed by atoms with Gasteiger partial charge in [-0.15, -0.1) is 23.1 Å². The Morgan fingerprint density at radius 2 is 1.90 bits per heavy atom. The van der Waals surface area contributed by atoms with E-state index in [-0.39, 0.29) is 23.7 Å². The molecule has 31 heavy (non-hydrogen) atoms. The summed E-state index contributed by atoms with van der Waals surface area (Å²) in [7, 11) is 0. The Kier molecular flexibility index (Phi) is 4.54. The monoisotopic (exact) mass is 466 g/mol.